The molecule has 1 rings (SSSR count). The third-order valence-corrected chi connectivity index (χ3v) is 2.77. The molecule has 0 saturated heterocycles. The molecule has 0 bridgehead atoms. The molecule has 1 aromatic heterocycles. The van der Waals surface area contributed by atoms with Crippen molar-refractivity contribution >= 4 is 11.3 Å². The summed E-state index contributed by atoms with van der Waals surface area (Å²) in [4.78, 5) is 1.41. The van der Waals surface area contributed by atoms with E-state index < -0.39 is 0 Å². The summed E-state index contributed by atoms with van der Waals surface area (Å²) in [5, 5.41) is 5.37. The molecule has 1 aromatic rings. The van der Waals surface area contributed by atoms with Crippen LogP contribution in [0.4, 0.5) is 0 Å². The molecule has 3 nitrogen and oxygen atoms in total. The monoisotopic (exact) mass is 199 g/mol. The van der Waals surface area contributed by atoms with Gasteiger partial charge >= 0.3 is 0 Å². The maximum absolute atomic E-state index is 5.65. The number of hydrogen-bond acceptors (Lipinski definition) is 4. The summed E-state index contributed by atoms with van der Waals surface area (Å²) in [7, 11) is 0. The van der Waals surface area contributed by atoms with Crippen LogP contribution < -0.4 is 16.8 Å². The van der Waals surface area contributed by atoms with E-state index in [1.807, 2.05) is 0 Å². The lowest BCUT2D eigenvalue weighted by atomic mass is 10.3. The fourth-order valence-corrected chi connectivity index (χ4v) is 1.75. The number of rotatable bonds is 6. The number of nitrogens with one attached hydrogen (secondary N) is 1. The third-order valence-electron chi connectivity index (χ3n) is 1.84. The second-order valence-corrected chi connectivity index (χ2v) is 4.06. The highest BCUT2D eigenvalue weighted by atomic mass is 32.1. The molecule has 0 aliphatic carbocycles. The van der Waals surface area contributed by atoms with Gasteiger partial charge in [0, 0.05) is 30.6 Å². The van der Waals surface area contributed by atoms with E-state index in [9.17, 15) is 0 Å². The number of thiophene rings is 1. The third kappa shape index (κ3) is 4.38. The average molecular weight is 199 g/mol. The molecule has 0 spiro atoms. The summed E-state index contributed by atoms with van der Waals surface area (Å²) in [5.74, 6) is 0. The lowest BCUT2D eigenvalue weighted by Gasteiger charge is -2.09. The molecular weight excluding hydrogens is 182 g/mol. The second-order valence-electron chi connectivity index (χ2n) is 3.03. The predicted molar refractivity (Wildman–Crippen MR) is 57.9 cm³/mol. The van der Waals surface area contributed by atoms with Crippen LogP contribution in [0, 0.1) is 0 Å². The molecule has 5 N–H and O–H groups in total. The summed E-state index contributed by atoms with van der Waals surface area (Å²) in [6.45, 7) is 2.34. The van der Waals surface area contributed by atoms with E-state index in [-0.39, 0.29) is 6.04 Å². The summed E-state index contributed by atoms with van der Waals surface area (Å²) in [6.07, 6.45) is 1.08. The fourth-order valence-electron chi connectivity index (χ4n) is 1.04. The highest BCUT2D eigenvalue weighted by molar-refractivity contribution is 7.09. The Hall–Kier alpha value is -0.420. The molecule has 74 valence electrons. The smallest absolute Gasteiger partial charge is 0.0290 e. The molecule has 0 radical (unpaired) electrons. The average Bonchev–Trinajstić information content (AvgIpc) is 2.64. The van der Waals surface area contributed by atoms with Gasteiger partial charge in [0.05, 0.1) is 0 Å². The Balaban J connectivity index is 2.02. The van der Waals surface area contributed by atoms with Crippen LogP contribution in [-0.4, -0.2) is 25.7 Å². The Morgan fingerprint density at radius 1 is 1.54 bits per heavy atom. The number of nitrogens with two attached hydrogens (primary N) is 2. The predicted octanol–water partition coefficient (Wildman–Crippen LogP) is 0.166. The molecule has 0 saturated carbocycles. The largest absolute Gasteiger partial charge is 0.329 e. The molecule has 13 heavy (non-hydrogen) atoms. The van der Waals surface area contributed by atoms with E-state index in [0.29, 0.717) is 6.54 Å². The standard InChI is InChI=1S/C9H17N3S/c10-6-8(11)7-12-4-3-9-2-1-5-13-9/h1-2,5,8,12H,3-4,6-7,10-11H2. The lowest BCUT2D eigenvalue weighted by Crippen LogP contribution is -2.40. The normalized spacial score (nSPS) is 13.1. The van der Waals surface area contributed by atoms with Crippen LogP contribution in [0.1, 0.15) is 4.88 Å². The van der Waals surface area contributed by atoms with Gasteiger partial charge in [0.15, 0.2) is 0 Å². The van der Waals surface area contributed by atoms with E-state index in [2.05, 4.69) is 22.8 Å². The minimum absolute atomic E-state index is 0.0864. The Bertz CT molecular complexity index is 211. The fraction of sp³-hybridized carbons (Fsp3) is 0.556. The zero-order chi connectivity index (χ0) is 9.52. The molecule has 0 aliphatic heterocycles. The highest BCUT2D eigenvalue weighted by Crippen LogP contribution is 2.07. The van der Waals surface area contributed by atoms with Crippen LogP contribution in [0.3, 0.4) is 0 Å². The maximum atomic E-state index is 5.65. The van der Waals surface area contributed by atoms with Crippen LogP contribution in [-0.2, 0) is 6.42 Å². The zero-order valence-electron chi connectivity index (χ0n) is 7.70. The van der Waals surface area contributed by atoms with Crippen LogP contribution in [0.25, 0.3) is 0 Å². The van der Waals surface area contributed by atoms with Gasteiger partial charge in [-0.3, -0.25) is 0 Å². The van der Waals surface area contributed by atoms with Gasteiger partial charge in [-0.25, -0.2) is 0 Å². The summed E-state index contributed by atoms with van der Waals surface area (Å²) < 4.78 is 0. The van der Waals surface area contributed by atoms with Crippen LogP contribution in [0.5, 0.6) is 0 Å². The zero-order valence-corrected chi connectivity index (χ0v) is 8.52. The molecular formula is C9H17N3S. The molecule has 0 amide bonds. The quantitative estimate of drug-likeness (QED) is 0.572. The molecule has 0 fully saturated rings. The van der Waals surface area contributed by atoms with E-state index in [1.165, 1.54) is 4.88 Å². The molecule has 1 unspecified atom stereocenters. The van der Waals surface area contributed by atoms with Gasteiger partial charge in [-0.1, -0.05) is 6.07 Å². The SMILES string of the molecule is NCC(N)CNCCc1cccs1. The van der Waals surface area contributed by atoms with Gasteiger partial charge in [-0.15, -0.1) is 11.3 Å². The van der Waals surface area contributed by atoms with Gasteiger partial charge in [0.25, 0.3) is 0 Å². The van der Waals surface area contributed by atoms with Crippen molar-refractivity contribution in [2.24, 2.45) is 11.5 Å². The van der Waals surface area contributed by atoms with Crippen molar-refractivity contribution in [1.82, 2.24) is 5.32 Å². The minimum atomic E-state index is 0.0864. The minimum Gasteiger partial charge on any atom is -0.329 e. The molecule has 1 heterocycles. The van der Waals surface area contributed by atoms with Gasteiger partial charge in [-0.2, -0.15) is 0 Å². The van der Waals surface area contributed by atoms with Crippen LogP contribution in [0.2, 0.25) is 0 Å². The number of hydrogen-bond donors (Lipinski definition) is 3. The second kappa shape index (κ2) is 6.10. The molecule has 1 atom stereocenters. The molecule has 0 aromatic carbocycles. The summed E-state index contributed by atoms with van der Waals surface area (Å²) in [5.41, 5.74) is 11.0. The maximum Gasteiger partial charge on any atom is 0.0290 e. The van der Waals surface area contributed by atoms with E-state index in [4.69, 9.17) is 11.5 Å². The van der Waals surface area contributed by atoms with Crippen molar-refractivity contribution in [2.75, 3.05) is 19.6 Å². The van der Waals surface area contributed by atoms with Gasteiger partial charge in [0.1, 0.15) is 0 Å². The highest BCUT2D eigenvalue weighted by Gasteiger charge is 1.98. The van der Waals surface area contributed by atoms with Crippen LogP contribution in [0.15, 0.2) is 17.5 Å². The van der Waals surface area contributed by atoms with Crippen molar-refractivity contribution in [3.8, 4) is 0 Å². The first-order valence-corrected chi connectivity index (χ1v) is 5.39. The summed E-state index contributed by atoms with van der Waals surface area (Å²) >= 11 is 1.79. The Kier molecular flexibility index (Phi) is 5.00. The Morgan fingerprint density at radius 2 is 2.38 bits per heavy atom. The first kappa shape index (κ1) is 10.7. The van der Waals surface area contributed by atoms with Gasteiger partial charge in [0.2, 0.25) is 0 Å². The first-order chi connectivity index (χ1) is 6.33. The van der Waals surface area contributed by atoms with Gasteiger partial charge in [-0.05, 0) is 17.9 Å². The lowest BCUT2D eigenvalue weighted by molar-refractivity contribution is 0.584. The van der Waals surface area contributed by atoms with Crippen molar-refractivity contribution in [3.05, 3.63) is 22.4 Å². The van der Waals surface area contributed by atoms with Gasteiger partial charge < -0.3 is 16.8 Å². The van der Waals surface area contributed by atoms with E-state index in [0.717, 1.165) is 19.5 Å². The van der Waals surface area contributed by atoms with E-state index >= 15 is 0 Å². The van der Waals surface area contributed by atoms with Crippen molar-refractivity contribution in [3.63, 3.8) is 0 Å². The van der Waals surface area contributed by atoms with E-state index in [1.54, 1.807) is 11.3 Å². The van der Waals surface area contributed by atoms with Crippen LogP contribution >= 0.6 is 11.3 Å². The van der Waals surface area contributed by atoms with Crippen molar-refractivity contribution in [2.45, 2.75) is 12.5 Å². The van der Waals surface area contributed by atoms with Crippen molar-refractivity contribution in [1.29, 1.82) is 0 Å². The Labute approximate surface area is 83.1 Å². The Morgan fingerprint density at radius 3 is 3.00 bits per heavy atom. The molecule has 0 aliphatic rings. The van der Waals surface area contributed by atoms with Crippen molar-refractivity contribution < 1.29 is 0 Å². The topological polar surface area (TPSA) is 64.1 Å². The molecule has 4 heteroatoms. The summed E-state index contributed by atoms with van der Waals surface area (Å²) in [6, 6.07) is 4.31. The first-order valence-electron chi connectivity index (χ1n) is 4.51.